The second-order valence-electron chi connectivity index (χ2n) is 3.75. The zero-order valence-electron chi connectivity index (χ0n) is 9.40. The van der Waals surface area contributed by atoms with Crippen molar-refractivity contribution < 1.29 is 14.7 Å². The van der Waals surface area contributed by atoms with Crippen LogP contribution in [0.1, 0.15) is 18.2 Å². The first-order valence-corrected chi connectivity index (χ1v) is 6.42. The molecule has 0 saturated heterocycles. The maximum absolute atomic E-state index is 11.4. The van der Waals surface area contributed by atoms with E-state index in [-0.39, 0.29) is 12.5 Å². The van der Waals surface area contributed by atoms with Gasteiger partial charge in [0.15, 0.2) is 0 Å². The Labute approximate surface area is 109 Å². The van der Waals surface area contributed by atoms with Crippen molar-refractivity contribution in [3.8, 4) is 0 Å². The van der Waals surface area contributed by atoms with E-state index in [1.807, 2.05) is 6.07 Å². The Morgan fingerprint density at radius 1 is 1.53 bits per heavy atom. The van der Waals surface area contributed by atoms with Gasteiger partial charge < -0.3 is 10.4 Å². The Balaban J connectivity index is 2.24. The summed E-state index contributed by atoms with van der Waals surface area (Å²) in [6, 6.07) is 3.69. The number of carboxylic acids is 1. The van der Waals surface area contributed by atoms with Crippen molar-refractivity contribution in [3.05, 3.63) is 21.3 Å². The highest BCUT2D eigenvalue weighted by molar-refractivity contribution is 7.16. The maximum atomic E-state index is 11.4. The lowest BCUT2D eigenvalue weighted by Crippen LogP contribution is -2.31. The lowest BCUT2D eigenvalue weighted by atomic mass is 10.2. The quantitative estimate of drug-likeness (QED) is 0.836. The number of aliphatic carboxylic acids is 1. The van der Waals surface area contributed by atoms with Gasteiger partial charge in [-0.3, -0.25) is 9.59 Å². The van der Waals surface area contributed by atoms with E-state index in [9.17, 15) is 9.59 Å². The number of rotatable bonds is 6. The first-order chi connectivity index (χ1) is 7.99. The fourth-order valence-corrected chi connectivity index (χ4v) is 2.25. The van der Waals surface area contributed by atoms with Gasteiger partial charge in [0.1, 0.15) is 0 Å². The summed E-state index contributed by atoms with van der Waals surface area (Å²) in [5.41, 5.74) is 0. The van der Waals surface area contributed by atoms with Crippen molar-refractivity contribution in [2.75, 3.05) is 6.54 Å². The molecule has 1 rings (SSSR count). The van der Waals surface area contributed by atoms with E-state index in [0.717, 1.165) is 4.88 Å². The number of carboxylic acid groups (broad SMARTS) is 1. The van der Waals surface area contributed by atoms with Gasteiger partial charge in [-0.15, -0.1) is 11.3 Å². The predicted octanol–water partition coefficient (Wildman–Crippen LogP) is 2.17. The van der Waals surface area contributed by atoms with Crippen molar-refractivity contribution in [1.82, 2.24) is 5.32 Å². The van der Waals surface area contributed by atoms with E-state index in [0.29, 0.717) is 17.2 Å². The number of halogens is 1. The smallest absolute Gasteiger partial charge is 0.308 e. The van der Waals surface area contributed by atoms with Crippen LogP contribution in [0.25, 0.3) is 0 Å². The molecule has 0 fully saturated rings. The molecule has 4 nitrogen and oxygen atoms in total. The molecule has 1 aromatic heterocycles. The van der Waals surface area contributed by atoms with E-state index in [1.54, 1.807) is 13.0 Å². The van der Waals surface area contributed by atoms with Crippen molar-refractivity contribution in [3.63, 3.8) is 0 Å². The molecule has 94 valence electrons. The molecule has 0 aliphatic heterocycles. The molecular formula is C11H14ClNO3S. The predicted molar refractivity (Wildman–Crippen MR) is 67.5 cm³/mol. The molecule has 6 heteroatoms. The van der Waals surface area contributed by atoms with Gasteiger partial charge in [-0.05, 0) is 18.6 Å². The van der Waals surface area contributed by atoms with Crippen LogP contribution in [0.3, 0.4) is 0 Å². The highest BCUT2D eigenvalue weighted by Crippen LogP contribution is 2.22. The average Bonchev–Trinajstić information content (AvgIpc) is 2.69. The highest BCUT2D eigenvalue weighted by atomic mass is 35.5. The number of hydrogen-bond acceptors (Lipinski definition) is 3. The molecule has 17 heavy (non-hydrogen) atoms. The number of carbonyl (C=O) groups is 2. The minimum Gasteiger partial charge on any atom is -0.481 e. The molecule has 1 heterocycles. The van der Waals surface area contributed by atoms with E-state index in [4.69, 9.17) is 16.7 Å². The van der Waals surface area contributed by atoms with Gasteiger partial charge in [-0.25, -0.2) is 0 Å². The van der Waals surface area contributed by atoms with Crippen molar-refractivity contribution in [1.29, 1.82) is 0 Å². The number of carbonyl (C=O) groups excluding carboxylic acids is 1. The second kappa shape index (κ2) is 6.61. The van der Waals surface area contributed by atoms with Crippen LogP contribution in [0.4, 0.5) is 0 Å². The Morgan fingerprint density at radius 3 is 2.76 bits per heavy atom. The fraction of sp³-hybridized carbons (Fsp3) is 0.455. The number of nitrogens with one attached hydrogen (secondary N) is 1. The van der Waals surface area contributed by atoms with Crippen molar-refractivity contribution >= 4 is 34.8 Å². The molecular weight excluding hydrogens is 262 g/mol. The molecule has 1 aromatic rings. The average molecular weight is 276 g/mol. The molecule has 0 bridgehead atoms. The summed E-state index contributed by atoms with van der Waals surface area (Å²) < 4.78 is 0.708. The van der Waals surface area contributed by atoms with E-state index in [1.165, 1.54) is 11.3 Å². The van der Waals surface area contributed by atoms with Crippen molar-refractivity contribution in [2.45, 2.75) is 19.8 Å². The van der Waals surface area contributed by atoms with Gasteiger partial charge in [0, 0.05) is 17.8 Å². The van der Waals surface area contributed by atoms with Crippen LogP contribution in [0.15, 0.2) is 12.1 Å². The molecule has 1 unspecified atom stereocenters. The summed E-state index contributed by atoms with van der Waals surface area (Å²) >= 11 is 7.22. The molecule has 2 N–H and O–H groups in total. The fourth-order valence-electron chi connectivity index (χ4n) is 1.17. The molecule has 0 aromatic carbocycles. The summed E-state index contributed by atoms with van der Waals surface area (Å²) in [6.45, 7) is 1.72. The molecule has 1 atom stereocenters. The van der Waals surface area contributed by atoms with Crippen LogP contribution >= 0.6 is 22.9 Å². The Morgan fingerprint density at radius 2 is 2.24 bits per heavy atom. The number of hydrogen-bond donors (Lipinski definition) is 2. The molecule has 0 radical (unpaired) electrons. The normalized spacial score (nSPS) is 12.1. The Hall–Kier alpha value is -1.07. The van der Waals surface area contributed by atoms with Gasteiger partial charge in [0.05, 0.1) is 10.3 Å². The Bertz CT molecular complexity index is 405. The Kier molecular flexibility index (Phi) is 5.44. The monoisotopic (exact) mass is 275 g/mol. The SMILES string of the molecule is CC(CNC(=O)CCc1ccc(Cl)s1)C(=O)O. The van der Waals surface area contributed by atoms with Crippen LogP contribution in [0.2, 0.25) is 4.34 Å². The van der Waals surface area contributed by atoms with Gasteiger partial charge in [-0.1, -0.05) is 18.5 Å². The minimum atomic E-state index is -0.907. The lowest BCUT2D eigenvalue weighted by molar-refractivity contribution is -0.141. The number of aryl methyl sites for hydroxylation is 1. The third-order valence-electron chi connectivity index (χ3n) is 2.25. The first kappa shape index (κ1) is 14.0. The summed E-state index contributed by atoms with van der Waals surface area (Å²) in [5, 5.41) is 11.2. The minimum absolute atomic E-state index is 0.136. The van der Waals surface area contributed by atoms with Crippen LogP contribution in [-0.4, -0.2) is 23.5 Å². The zero-order valence-corrected chi connectivity index (χ0v) is 11.0. The molecule has 0 aliphatic rings. The van der Waals surface area contributed by atoms with Gasteiger partial charge >= 0.3 is 5.97 Å². The second-order valence-corrected chi connectivity index (χ2v) is 5.55. The molecule has 0 spiro atoms. The van der Waals surface area contributed by atoms with E-state index >= 15 is 0 Å². The van der Waals surface area contributed by atoms with Crippen LogP contribution in [0, 0.1) is 5.92 Å². The summed E-state index contributed by atoms with van der Waals surface area (Å²) in [6.07, 6.45) is 0.980. The van der Waals surface area contributed by atoms with E-state index < -0.39 is 11.9 Å². The lowest BCUT2D eigenvalue weighted by Gasteiger charge is -2.07. The molecule has 0 saturated carbocycles. The highest BCUT2D eigenvalue weighted by Gasteiger charge is 2.12. The third-order valence-corrected chi connectivity index (χ3v) is 3.55. The van der Waals surface area contributed by atoms with Crippen LogP contribution in [-0.2, 0) is 16.0 Å². The number of amides is 1. The topological polar surface area (TPSA) is 66.4 Å². The third kappa shape index (κ3) is 5.19. The summed E-state index contributed by atoms with van der Waals surface area (Å²) in [4.78, 5) is 23.0. The van der Waals surface area contributed by atoms with Crippen molar-refractivity contribution in [2.24, 2.45) is 5.92 Å². The van der Waals surface area contributed by atoms with Gasteiger partial charge in [0.2, 0.25) is 5.91 Å². The van der Waals surface area contributed by atoms with Gasteiger partial charge in [-0.2, -0.15) is 0 Å². The summed E-state index contributed by atoms with van der Waals surface area (Å²) in [5.74, 6) is -1.60. The van der Waals surface area contributed by atoms with E-state index in [2.05, 4.69) is 5.32 Å². The maximum Gasteiger partial charge on any atom is 0.308 e. The number of thiophene rings is 1. The standard InChI is InChI=1S/C11H14ClNO3S/c1-7(11(15)16)6-13-10(14)5-3-8-2-4-9(12)17-8/h2,4,7H,3,5-6H2,1H3,(H,13,14)(H,15,16). The molecule has 1 amide bonds. The molecule has 0 aliphatic carbocycles. The summed E-state index contributed by atoms with van der Waals surface area (Å²) in [7, 11) is 0. The first-order valence-electron chi connectivity index (χ1n) is 5.22. The van der Waals surface area contributed by atoms with Crippen LogP contribution < -0.4 is 5.32 Å². The largest absolute Gasteiger partial charge is 0.481 e. The van der Waals surface area contributed by atoms with Gasteiger partial charge in [0.25, 0.3) is 0 Å². The zero-order chi connectivity index (χ0) is 12.8. The van der Waals surface area contributed by atoms with Crippen LogP contribution in [0.5, 0.6) is 0 Å².